The van der Waals surface area contributed by atoms with Gasteiger partial charge in [0.05, 0.1) is 17.2 Å². The SMILES string of the molecule is CCOc1ccc(S(=O)(=O)N(CC(=O)NCc2ccc(N(CC)CC)cc2)c2ccc(F)cc2)cc1. The van der Waals surface area contributed by atoms with Crippen molar-refractivity contribution in [2.24, 2.45) is 0 Å². The van der Waals surface area contributed by atoms with Gasteiger partial charge in [-0.3, -0.25) is 9.10 Å². The smallest absolute Gasteiger partial charge is 0.264 e. The van der Waals surface area contributed by atoms with Crippen molar-refractivity contribution in [2.45, 2.75) is 32.2 Å². The zero-order valence-corrected chi connectivity index (χ0v) is 21.6. The minimum absolute atomic E-state index is 0.00457. The van der Waals surface area contributed by atoms with Crippen LogP contribution < -0.4 is 19.3 Å². The third kappa shape index (κ3) is 6.75. The molecule has 0 bridgehead atoms. The van der Waals surface area contributed by atoms with E-state index in [2.05, 4.69) is 24.1 Å². The van der Waals surface area contributed by atoms with Crippen LogP contribution in [0, 0.1) is 5.82 Å². The molecule has 0 saturated heterocycles. The maximum Gasteiger partial charge on any atom is 0.264 e. The number of hydrogen-bond acceptors (Lipinski definition) is 5. The van der Waals surface area contributed by atoms with Crippen LogP contribution in [0.4, 0.5) is 15.8 Å². The van der Waals surface area contributed by atoms with Gasteiger partial charge in [0.25, 0.3) is 10.0 Å². The van der Waals surface area contributed by atoms with Crippen molar-refractivity contribution in [2.75, 3.05) is 35.4 Å². The molecule has 0 aromatic heterocycles. The van der Waals surface area contributed by atoms with Crippen LogP contribution in [-0.2, 0) is 21.4 Å². The molecule has 192 valence electrons. The van der Waals surface area contributed by atoms with E-state index in [9.17, 15) is 17.6 Å². The number of anilines is 2. The summed E-state index contributed by atoms with van der Waals surface area (Å²) in [6.07, 6.45) is 0. The van der Waals surface area contributed by atoms with Gasteiger partial charge in [0.2, 0.25) is 5.91 Å². The first-order valence-corrected chi connectivity index (χ1v) is 13.3. The molecule has 0 aliphatic heterocycles. The van der Waals surface area contributed by atoms with Crippen LogP contribution in [0.1, 0.15) is 26.3 Å². The number of ether oxygens (including phenoxy) is 1. The van der Waals surface area contributed by atoms with Gasteiger partial charge in [-0.05, 0) is 87.0 Å². The Morgan fingerprint density at radius 3 is 2.00 bits per heavy atom. The van der Waals surface area contributed by atoms with Gasteiger partial charge >= 0.3 is 0 Å². The number of nitrogens with one attached hydrogen (secondary N) is 1. The molecular formula is C27H32FN3O4S. The Labute approximate surface area is 212 Å². The number of halogens is 1. The molecule has 0 aliphatic carbocycles. The van der Waals surface area contributed by atoms with E-state index in [1.54, 1.807) is 12.1 Å². The number of sulfonamides is 1. The first-order valence-electron chi connectivity index (χ1n) is 11.9. The highest BCUT2D eigenvalue weighted by Gasteiger charge is 2.27. The average Bonchev–Trinajstić information content (AvgIpc) is 2.88. The molecule has 7 nitrogen and oxygen atoms in total. The van der Waals surface area contributed by atoms with Gasteiger partial charge in [-0.25, -0.2) is 12.8 Å². The van der Waals surface area contributed by atoms with E-state index in [4.69, 9.17) is 4.74 Å². The zero-order chi connectivity index (χ0) is 26.1. The summed E-state index contributed by atoms with van der Waals surface area (Å²) >= 11 is 0. The van der Waals surface area contributed by atoms with E-state index >= 15 is 0 Å². The molecule has 0 spiro atoms. The summed E-state index contributed by atoms with van der Waals surface area (Å²) in [5, 5.41) is 2.78. The number of nitrogens with zero attached hydrogens (tertiary/aromatic N) is 2. The Bertz CT molecular complexity index is 1230. The maximum absolute atomic E-state index is 13.5. The van der Waals surface area contributed by atoms with Crippen LogP contribution >= 0.6 is 0 Å². The van der Waals surface area contributed by atoms with Crippen LogP contribution in [-0.4, -0.2) is 40.6 Å². The number of amides is 1. The molecule has 36 heavy (non-hydrogen) atoms. The zero-order valence-electron chi connectivity index (χ0n) is 20.8. The lowest BCUT2D eigenvalue weighted by Crippen LogP contribution is -2.40. The van der Waals surface area contributed by atoms with Crippen molar-refractivity contribution in [3.05, 3.63) is 84.2 Å². The Balaban J connectivity index is 1.77. The summed E-state index contributed by atoms with van der Waals surface area (Å²) in [5.74, 6) is -0.453. The first-order chi connectivity index (χ1) is 17.3. The summed E-state index contributed by atoms with van der Waals surface area (Å²) in [6.45, 7) is 8.04. The Kier molecular flexibility index (Phi) is 9.30. The number of carbonyl (C=O) groups excluding carboxylic acids is 1. The van der Waals surface area contributed by atoms with Crippen LogP contribution in [0.3, 0.4) is 0 Å². The van der Waals surface area contributed by atoms with Gasteiger partial charge in [0.1, 0.15) is 18.1 Å². The third-order valence-corrected chi connectivity index (χ3v) is 7.47. The van der Waals surface area contributed by atoms with Gasteiger partial charge in [0.15, 0.2) is 0 Å². The van der Waals surface area contributed by atoms with Crippen LogP contribution in [0.2, 0.25) is 0 Å². The fourth-order valence-corrected chi connectivity index (χ4v) is 5.15. The normalized spacial score (nSPS) is 11.1. The molecule has 3 aromatic carbocycles. The molecule has 0 heterocycles. The quantitative estimate of drug-likeness (QED) is 0.384. The van der Waals surface area contributed by atoms with Crippen LogP contribution in [0.15, 0.2) is 77.7 Å². The molecule has 9 heteroatoms. The molecule has 1 amide bonds. The van der Waals surface area contributed by atoms with Gasteiger partial charge in [0, 0.05) is 25.3 Å². The third-order valence-electron chi connectivity index (χ3n) is 5.68. The van der Waals surface area contributed by atoms with Crippen LogP contribution in [0.5, 0.6) is 5.75 Å². The van der Waals surface area contributed by atoms with E-state index in [-0.39, 0.29) is 17.1 Å². The predicted octanol–water partition coefficient (Wildman–Crippen LogP) is 4.58. The number of hydrogen-bond donors (Lipinski definition) is 1. The Hall–Kier alpha value is -3.59. The Morgan fingerprint density at radius 1 is 0.861 bits per heavy atom. The largest absolute Gasteiger partial charge is 0.494 e. The highest BCUT2D eigenvalue weighted by atomic mass is 32.2. The van der Waals surface area contributed by atoms with E-state index < -0.39 is 28.3 Å². The minimum Gasteiger partial charge on any atom is -0.494 e. The molecule has 0 unspecified atom stereocenters. The summed E-state index contributed by atoms with van der Waals surface area (Å²) < 4.78 is 46.8. The molecular weight excluding hydrogens is 481 g/mol. The van der Waals surface area contributed by atoms with Crippen LogP contribution in [0.25, 0.3) is 0 Å². The fourth-order valence-electron chi connectivity index (χ4n) is 3.72. The van der Waals surface area contributed by atoms with Crippen molar-refractivity contribution in [3.8, 4) is 5.75 Å². The summed E-state index contributed by atoms with van der Waals surface area (Å²) in [5.41, 5.74) is 2.17. The van der Waals surface area contributed by atoms with Gasteiger partial charge in [-0.2, -0.15) is 0 Å². The first kappa shape index (κ1) is 27.0. The maximum atomic E-state index is 13.5. The average molecular weight is 514 g/mol. The molecule has 0 radical (unpaired) electrons. The fraction of sp³-hybridized carbons (Fsp3) is 0.296. The van der Waals surface area contributed by atoms with E-state index in [0.29, 0.717) is 12.4 Å². The second-order valence-electron chi connectivity index (χ2n) is 8.01. The predicted molar refractivity (Wildman–Crippen MR) is 140 cm³/mol. The summed E-state index contributed by atoms with van der Waals surface area (Å²) in [6, 6.07) is 18.8. The Morgan fingerprint density at radius 2 is 1.44 bits per heavy atom. The molecule has 0 atom stereocenters. The number of benzene rings is 3. The van der Waals surface area contributed by atoms with E-state index in [1.165, 1.54) is 24.3 Å². The topological polar surface area (TPSA) is 79.0 Å². The van der Waals surface area contributed by atoms with E-state index in [1.807, 2.05) is 31.2 Å². The number of rotatable bonds is 12. The minimum atomic E-state index is -4.11. The van der Waals surface area contributed by atoms with Gasteiger partial charge in [-0.1, -0.05) is 12.1 Å². The van der Waals surface area contributed by atoms with Crippen molar-refractivity contribution >= 4 is 27.3 Å². The van der Waals surface area contributed by atoms with E-state index in [0.717, 1.165) is 40.8 Å². The van der Waals surface area contributed by atoms with Crippen molar-refractivity contribution in [1.82, 2.24) is 5.32 Å². The molecule has 0 saturated carbocycles. The molecule has 0 fully saturated rings. The number of carbonyl (C=O) groups is 1. The summed E-state index contributed by atoms with van der Waals surface area (Å²) in [4.78, 5) is 15.0. The standard InChI is InChI=1S/C27H32FN3O4S/c1-4-30(5-2)23-11-7-21(8-12-23)19-29-27(32)20-31(24-13-9-22(28)10-14-24)36(33,34)26-17-15-25(16-18-26)35-6-3/h7-18H,4-6,19-20H2,1-3H3,(H,29,32). The van der Waals surface area contributed by atoms with Crippen molar-refractivity contribution < 1.29 is 22.3 Å². The second kappa shape index (κ2) is 12.4. The van der Waals surface area contributed by atoms with Crippen molar-refractivity contribution in [3.63, 3.8) is 0 Å². The molecule has 0 aliphatic rings. The van der Waals surface area contributed by atoms with Crippen molar-refractivity contribution in [1.29, 1.82) is 0 Å². The van der Waals surface area contributed by atoms with Gasteiger partial charge in [-0.15, -0.1) is 0 Å². The monoisotopic (exact) mass is 513 g/mol. The lowest BCUT2D eigenvalue weighted by atomic mass is 10.2. The van der Waals surface area contributed by atoms with Gasteiger partial charge < -0.3 is 15.0 Å². The summed E-state index contributed by atoms with van der Waals surface area (Å²) in [7, 11) is -4.11. The molecule has 3 rings (SSSR count). The molecule has 3 aromatic rings. The highest BCUT2D eigenvalue weighted by Crippen LogP contribution is 2.25. The lowest BCUT2D eigenvalue weighted by molar-refractivity contribution is -0.119. The lowest BCUT2D eigenvalue weighted by Gasteiger charge is -2.24. The highest BCUT2D eigenvalue weighted by molar-refractivity contribution is 7.92. The second-order valence-corrected chi connectivity index (χ2v) is 9.87. The molecule has 1 N–H and O–H groups in total.